The lowest BCUT2D eigenvalue weighted by Crippen LogP contribution is -2.43. The van der Waals surface area contributed by atoms with E-state index in [0.717, 1.165) is 69.0 Å². The van der Waals surface area contributed by atoms with Crippen LogP contribution in [0, 0.1) is 11.3 Å². The minimum Gasteiger partial charge on any atom is -0.461 e. The van der Waals surface area contributed by atoms with Crippen molar-refractivity contribution in [3.8, 4) is 5.75 Å². The minimum absolute atomic E-state index is 0.123. The first kappa shape index (κ1) is 29.1. The van der Waals surface area contributed by atoms with E-state index in [1.807, 2.05) is 56.6 Å². The molecule has 2 aromatic rings. The summed E-state index contributed by atoms with van der Waals surface area (Å²) in [6.45, 7) is 1.42. The number of hydrogen-bond acceptors (Lipinski definition) is 6. The van der Waals surface area contributed by atoms with E-state index in [1.165, 1.54) is 0 Å². The van der Waals surface area contributed by atoms with Crippen LogP contribution >= 0.6 is 0 Å². The molecule has 2 saturated carbocycles. The smallest absolute Gasteiger partial charge is 0.412 e. The monoisotopic (exact) mass is 536 g/mol. The second-order valence-corrected chi connectivity index (χ2v) is 11.8. The highest BCUT2D eigenvalue weighted by Gasteiger charge is 2.41. The first-order valence-electron chi connectivity index (χ1n) is 14.4. The van der Waals surface area contributed by atoms with Gasteiger partial charge >= 0.3 is 12.1 Å². The number of rotatable bonds is 10. The van der Waals surface area contributed by atoms with E-state index in [-0.39, 0.29) is 30.3 Å². The Bertz CT molecular complexity index is 1080. The van der Waals surface area contributed by atoms with Gasteiger partial charge < -0.3 is 24.8 Å². The molecular formula is C32H44N2O5. The molecule has 0 unspecified atom stereocenters. The van der Waals surface area contributed by atoms with Crippen molar-refractivity contribution in [1.29, 1.82) is 0 Å². The van der Waals surface area contributed by atoms with Crippen molar-refractivity contribution >= 4 is 12.1 Å². The van der Waals surface area contributed by atoms with Gasteiger partial charge in [0.05, 0.1) is 12.0 Å². The third-order valence-electron chi connectivity index (χ3n) is 8.45. The number of amides is 1. The molecule has 0 aromatic heterocycles. The molecule has 2 fully saturated rings. The lowest BCUT2D eigenvalue weighted by Gasteiger charge is -2.41. The first-order chi connectivity index (χ1) is 18.8. The van der Waals surface area contributed by atoms with Crippen LogP contribution in [-0.4, -0.2) is 49.3 Å². The van der Waals surface area contributed by atoms with Gasteiger partial charge in [0.15, 0.2) is 0 Å². The molecule has 2 aliphatic carbocycles. The van der Waals surface area contributed by atoms with Gasteiger partial charge in [0, 0.05) is 19.0 Å². The number of esters is 1. The molecule has 0 radical (unpaired) electrons. The summed E-state index contributed by atoms with van der Waals surface area (Å²) in [5.74, 6) is 0.294. The Morgan fingerprint density at radius 1 is 0.974 bits per heavy atom. The van der Waals surface area contributed by atoms with Crippen molar-refractivity contribution in [2.24, 2.45) is 11.3 Å². The first-order valence-corrected chi connectivity index (χ1v) is 14.4. The van der Waals surface area contributed by atoms with Crippen LogP contribution in [-0.2, 0) is 21.7 Å². The molecular weight excluding hydrogens is 492 g/mol. The Kier molecular flexibility index (Phi) is 10.0. The zero-order valence-corrected chi connectivity index (χ0v) is 23.5. The number of aliphatic hydroxyl groups is 1. The molecule has 7 heteroatoms. The van der Waals surface area contributed by atoms with E-state index in [9.17, 15) is 14.7 Å². The van der Waals surface area contributed by atoms with E-state index in [4.69, 9.17) is 9.47 Å². The molecule has 0 saturated heterocycles. The van der Waals surface area contributed by atoms with Crippen molar-refractivity contribution in [2.75, 3.05) is 27.2 Å². The van der Waals surface area contributed by atoms with Crippen molar-refractivity contribution < 1.29 is 24.2 Å². The summed E-state index contributed by atoms with van der Waals surface area (Å²) >= 11 is 0. The number of nitrogens with one attached hydrogen (secondary N) is 1. The van der Waals surface area contributed by atoms with Gasteiger partial charge in [-0.2, -0.15) is 0 Å². The number of nitrogens with zero attached hydrogens (tertiary/aromatic N) is 1. The van der Waals surface area contributed by atoms with Crippen molar-refractivity contribution in [2.45, 2.75) is 76.4 Å². The average Bonchev–Trinajstić information content (AvgIpc) is 2.93. The third kappa shape index (κ3) is 8.05. The summed E-state index contributed by atoms with van der Waals surface area (Å²) in [6, 6.07) is 17.0. The highest BCUT2D eigenvalue weighted by Crippen LogP contribution is 2.43. The second kappa shape index (κ2) is 13.4. The van der Waals surface area contributed by atoms with Crippen LogP contribution in [0.25, 0.3) is 0 Å². The SMILES string of the molecule is CN(C)C[C@H]1CCCC[C@]1(O)c1cccc(OC(=O)NCC2(CC(=O)OCc3ccccc3)CCCCC2)c1. The molecule has 4 rings (SSSR count). The van der Waals surface area contributed by atoms with Crippen LogP contribution in [0.4, 0.5) is 4.79 Å². The van der Waals surface area contributed by atoms with Crippen LogP contribution < -0.4 is 10.1 Å². The number of ether oxygens (including phenoxy) is 2. The Morgan fingerprint density at radius 3 is 2.46 bits per heavy atom. The predicted octanol–water partition coefficient (Wildman–Crippen LogP) is 5.80. The fourth-order valence-electron chi connectivity index (χ4n) is 6.34. The fraction of sp³-hybridized carbons (Fsp3) is 0.562. The van der Waals surface area contributed by atoms with Gasteiger partial charge in [-0.15, -0.1) is 0 Å². The van der Waals surface area contributed by atoms with Crippen LogP contribution in [0.15, 0.2) is 54.6 Å². The van der Waals surface area contributed by atoms with E-state index in [0.29, 0.717) is 18.7 Å². The average molecular weight is 537 g/mol. The second-order valence-electron chi connectivity index (χ2n) is 11.8. The summed E-state index contributed by atoms with van der Waals surface area (Å²) in [5, 5.41) is 14.6. The molecule has 2 N–H and O–H groups in total. The summed E-state index contributed by atoms with van der Waals surface area (Å²) in [6.07, 6.45) is 8.39. The van der Waals surface area contributed by atoms with E-state index >= 15 is 0 Å². The number of benzene rings is 2. The Balaban J connectivity index is 1.35. The number of hydrogen-bond donors (Lipinski definition) is 2. The summed E-state index contributed by atoms with van der Waals surface area (Å²) in [4.78, 5) is 27.7. The zero-order valence-electron chi connectivity index (χ0n) is 23.5. The van der Waals surface area contributed by atoms with Gasteiger partial charge in [0.1, 0.15) is 12.4 Å². The van der Waals surface area contributed by atoms with Gasteiger partial charge in [-0.05, 0) is 68.5 Å². The van der Waals surface area contributed by atoms with Gasteiger partial charge in [0.25, 0.3) is 0 Å². The maximum Gasteiger partial charge on any atom is 0.412 e. The molecule has 2 aromatic carbocycles. The van der Waals surface area contributed by atoms with Crippen molar-refractivity contribution in [1.82, 2.24) is 10.2 Å². The lowest BCUT2D eigenvalue weighted by molar-refractivity contribution is -0.148. The molecule has 1 amide bonds. The van der Waals surface area contributed by atoms with Gasteiger partial charge in [-0.1, -0.05) is 74.6 Å². The quantitative estimate of drug-likeness (QED) is 0.373. The number of carbonyl (C=O) groups is 2. The highest BCUT2D eigenvalue weighted by molar-refractivity contribution is 5.72. The Hall–Kier alpha value is -2.90. The summed E-state index contributed by atoms with van der Waals surface area (Å²) in [7, 11) is 4.06. The molecule has 0 heterocycles. The van der Waals surface area contributed by atoms with Gasteiger partial charge in [-0.25, -0.2) is 4.79 Å². The van der Waals surface area contributed by atoms with E-state index < -0.39 is 11.7 Å². The summed E-state index contributed by atoms with van der Waals surface area (Å²) in [5.41, 5.74) is 0.483. The maximum absolute atomic E-state index is 12.9. The summed E-state index contributed by atoms with van der Waals surface area (Å²) < 4.78 is 11.2. The van der Waals surface area contributed by atoms with Crippen molar-refractivity contribution in [3.05, 3.63) is 65.7 Å². The Labute approximate surface area is 232 Å². The molecule has 0 bridgehead atoms. The lowest BCUT2D eigenvalue weighted by atomic mass is 9.71. The standard InChI is InChI=1S/C32H44N2O5/c1-34(2)22-27-14-7-10-19-32(27,37)26-15-11-16-28(20-26)39-30(36)33-24-31(17-8-4-9-18-31)21-29(35)38-23-25-12-5-3-6-13-25/h3,5-6,11-13,15-16,20,27,37H,4,7-10,14,17-19,21-24H2,1-2H3,(H,33,36)/t27-,32+/m1/s1. The topological polar surface area (TPSA) is 88.1 Å². The van der Waals surface area contributed by atoms with Crippen LogP contribution in [0.2, 0.25) is 0 Å². The fourth-order valence-corrected chi connectivity index (χ4v) is 6.34. The van der Waals surface area contributed by atoms with Crippen LogP contribution in [0.3, 0.4) is 0 Å². The largest absolute Gasteiger partial charge is 0.461 e. The van der Waals surface area contributed by atoms with Gasteiger partial charge in [-0.3, -0.25) is 4.79 Å². The van der Waals surface area contributed by atoms with Crippen LogP contribution in [0.1, 0.15) is 75.3 Å². The maximum atomic E-state index is 12.9. The predicted molar refractivity (Wildman–Crippen MR) is 151 cm³/mol. The third-order valence-corrected chi connectivity index (χ3v) is 8.45. The Morgan fingerprint density at radius 2 is 1.72 bits per heavy atom. The molecule has 7 nitrogen and oxygen atoms in total. The molecule has 2 aliphatic rings. The normalized spacial score (nSPS) is 22.7. The minimum atomic E-state index is -0.940. The molecule has 212 valence electrons. The molecule has 2 atom stereocenters. The molecule has 0 aliphatic heterocycles. The molecule has 0 spiro atoms. The highest BCUT2D eigenvalue weighted by atomic mass is 16.6. The molecule has 39 heavy (non-hydrogen) atoms. The van der Waals surface area contributed by atoms with Crippen LogP contribution in [0.5, 0.6) is 5.75 Å². The van der Waals surface area contributed by atoms with Crippen molar-refractivity contribution in [3.63, 3.8) is 0 Å². The zero-order chi connectivity index (χ0) is 27.7. The number of carbonyl (C=O) groups excluding carboxylic acids is 2. The van der Waals surface area contributed by atoms with Gasteiger partial charge in [0.2, 0.25) is 0 Å². The van der Waals surface area contributed by atoms with E-state index in [1.54, 1.807) is 12.1 Å². The van der Waals surface area contributed by atoms with E-state index in [2.05, 4.69) is 10.2 Å².